The van der Waals surface area contributed by atoms with Gasteiger partial charge in [0.2, 0.25) is 0 Å². The summed E-state index contributed by atoms with van der Waals surface area (Å²) < 4.78 is 0. The molecular formula is C11H22N2. The number of nitrogens with two attached hydrogens (primary N) is 1. The average Bonchev–Trinajstić information content (AvgIpc) is 2.17. The lowest BCUT2D eigenvalue weighted by atomic mass is 10.3. The molecule has 76 valence electrons. The van der Waals surface area contributed by atoms with Crippen LogP contribution in [-0.4, -0.2) is 31.1 Å². The second kappa shape index (κ2) is 9.49. The average molecular weight is 182 g/mol. The van der Waals surface area contributed by atoms with Gasteiger partial charge in [0.05, 0.1) is 0 Å². The fourth-order valence-electron chi connectivity index (χ4n) is 1.08. The van der Waals surface area contributed by atoms with Crippen LogP contribution in [0.2, 0.25) is 0 Å². The third-order valence-corrected chi connectivity index (χ3v) is 1.88. The van der Waals surface area contributed by atoms with Gasteiger partial charge in [-0.15, -0.1) is 0 Å². The molecule has 0 aromatic carbocycles. The van der Waals surface area contributed by atoms with Crippen molar-refractivity contribution in [2.24, 2.45) is 5.73 Å². The molecule has 0 amide bonds. The Kier molecular flexibility index (Phi) is 9.05. The van der Waals surface area contributed by atoms with Crippen molar-refractivity contribution < 1.29 is 0 Å². The fraction of sp³-hybridized carbons (Fsp3) is 0.636. The molecule has 0 aromatic heterocycles. The van der Waals surface area contributed by atoms with E-state index in [2.05, 4.69) is 43.1 Å². The van der Waals surface area contributed by atoms with Crippen molar-refractivity contribution in [3.05, 3.63) is 24.3 Å². The molecule has 2 nitrogen and oxygen atoms in total. The Morgan fingerprint density at radius 3 is 2.00 bits per heavy atom. The van der Waals surface area contributed by atoms with Crippen LogP contribution in [0.4, 0.5) is 0 Å². The minimum Gasteiger partial charge on any atom is -0.330 e. The van der Waals surface area contributed by atoms with E-state index in [4.69, 9.17) is 5.73 Å². The van der Waals surface area contributed by atoms with Gasteiger partial charge in [-0.25, -0.2) is 0 Å². The maximum Gasteiger partial charge on any atom is 0.0166 e. The fourth-order valence-corrected chi connectivity index (χ4v) is 1.08. The van der Waals surface area contributed by atoms with E-state index >= 15 is 0 Å². The van der Waals surface area contributed by atoms with Crippen molar-refractivity contribution in [1.29, 1.82) is 0 Å². The van der Waals surface area contributed by atoms with Crippen LogP contribution in [0.1, 0.15) is 20.3 Å². The van der Waals surface area contributed by atoms with Gasteiger partial charge in [-0.2, -0.15) is 0 Å². The molecule has 0 aliphatic rings. The zero-order chi connectivity index (χ0) is 9.94. The summed E-state index contributed by atoms with van der Waals surface area (Å²) in [7, 11) is 0. The molecule has 2 heteroatoms. The van der Waals surface area contributed by atoms with Crippen molar-refractivity contribution in [3.63, 3.8) is 0 Å². The number of rotatable bonds is 7. The normalized spacial score (nSPS) is 12.3. The Balaban J connectivity index is 3.72. The molecular weight excluding hydrogens is 160 g/mol. The molecule has 0 saturated heterocycles. The van der Waals surface area contributed by atoms with Gasteiger partial charge in [0, 0.05) is 13.1 Å². The van der Waals surface area contributed by atoms with Crippen LogP contribution < -0.4 is 5.73 Å². The Morgan fingerprint density at radius 2 is 1.62 bits per heavy atom. The lowest BCUT2D eigenvalue weighted by Crippen LogP contribution is -2.26. The van der Waals surface area contributed by atoms with Gasteiger partial charge >= 0.3 is 0 Å². The minimum absolute atomic E-state index is 0.780. The Morgan fingerprint density at radius 1 is 1.08 bits per heavy atom. The maximum absolute atomic E-state index is 5.47. The third kappa shape index (κ3) is 7.75. The highest BCUT2D eigenvalue weighted by atomic mass is 15.1. The van der Waals surface area contributed by atoms with Crippen LogP contribution in [0.15, 0.2) is 24.3 Å². The predicted molar refractivity (Wildman–Crippen MR) is 59.7 cm³/mol. The van der Waals surface area contributed by atoms with Crippen LogP contribution in [0, 0.1) is 0 Å². The number of nitrogens with zero attached hydrogens (tertiary/aromatic N) is 1. The first-order chi connectivity index (χ1) is 6.35. The monoisotopic (exact) mass is 182 g/mol. The van der Waals surface area contributed by atoms with Crippen molar-refractivity contribution in [3.8, 4) is 0 Å². The maximum atomic E-state index is 5.47. The van der Waals surface area contributed by atoms with Gasteiger partial charge in [-0.05, 0) is 33.4 Å². The summed E-state index contributed by atoms with van der Waals surface area (Å²) in [5.74, 6) is 0. The van der Waals surface area contributed by atoms with Gasteiger partial charge in [-0.1, -0.05) is 24.3 Å². The summed E-state index contributed by atoms with van der Waals surface area (Å²) in [4.78, 5) is 2.38. The van der Waals surface area contributed by atoms with Gasteiger partial charge in [0.15, 0.2) is 0 Å². The van der Waals surface area contributed by atoms with Gasteiger partial charge < -0.3 is 5.73 Å². The molecule has 0 aromatic rings. The van der Waals surface area contributed by atoms with E-state index in [0.29, 0.717) is 0 Å². The highest BCUT2D eigenvalue weighted by Gasteiger charge is 1.98. The Hall–Kier alpha value is -0.600. The van der Waals surface area contributed by atoms with E-state index in [-0.39, 0.29) is 0 Å². The van der Waals surface area contributed by atoms with E-state index in [9.17, 15) is 0 Å². The smallest absolute Gasteiger partial charge is 0.0166 e. The quantitative estimate of drug-likeness (QED) is 0.608. The van der Waals surface area contributed by atoms with E-state index in [0.717, 1.165) is 32.6 Å². The van der Waals surface area contributed by atoms with Crippen molar-refractivity contribution in [2.45, 2.75) is 20.3 Å². The molecule has 0 radical (unpaired) electrons. The highest BCUT2D eigenvalue weighted by Crippen LogP contribution is 1.92. The summed E-state index contributed by atoms with van der Waals surface area (Å²) in [6, 6.07) is 0. The predicted octanol–water partition coefficient (Wildman–Crippen LogP) is 1.79. The molecule has 2 N–H and O–H groups in total. The molecule has 0 aliphatic carbocycles. The van der Waals surface area contributed by atoms with Crippen molar-refractivity contribution in [2.75, 3.05) is 26.2 Å². The zero-order valence-electron chi connectivity index (χ0n) is 8.87. The van der Waals surface area contributed by atoms with Crippen LogP contribution in [0.25, 0.3) is 0 Å². The first-order valence-electron chi connectivity index (χ1n) is 4.99. The molecule has 0 spiro atoms. The lowest BCUT2D eigenvalue weighted by molar-refractivity contribution is 0.332. The Bertz CT molecular complexity index is 136. The summed E-state index contributed by atoms with van der Waals surface area (Å²) in [6.07, 6.45) is 9.62. The minimum atomic E-state index is 0.780. The zero-order valence-corrected chi connectivity index (χ0v) is 8.87. The second-order valence-electron chi connectivity index (χ2n) is 3.04. The number of allylic oxidation sites excluding steroid dienone is 2. The summed E-state index contributed by atoms with van der Waals surface area (Å²) in [6.45, 7) is 8.03. The van der Waals surface area contributed by atoms with Crippen LogP contribution in [-0.2, 0) is 0 Å². The molecule has 0 aliphatic heterocycles. The Labute approximate surface area is 82.1 Å². The summed E-state index contributed by atoms with van der Waals surface area (Å²) in [5.41, 5.74) is 5.47. The first-order valence-corrected chi connectivity index (χ1v) is 4.99. The topological polar surface area (TPSA) is 29.3 Å². The molecule has 0 bridgehead atoms. The molecule has 0 heterocycles. The van der Waals surface area contributed by atoms with E-state index in [1.54, 1.807) is 0 Å². The molecule has 0 saturated carbocycles. The molecule has 13 heavy (non-hydrogen) atoms. The third-order valence-electron chi connectivity index (χ3n) is 1.88. The molecule has 0 rings (SSSR count). The standard InChI is InChI=1S/C11H22N2/c1-3-5-9-13(10-6-4-2)11-7-8-12/h3-6H,7-12H2,1-2H3. The van der Waals surface area contributed by atoms with Crippen LogP contribution in [0.5, 0.6) is 0 Å². The van der Waals surface area contributed by atoms with E-state index < -0.39 is 0 Å². The van der Waals surface area contributed by atoms with Crippen LogP contribution in [0.3, 0.4) is 0 Å². The summed E-state index contributed by atoms with van der Waals surface area (Å²) >= 11 is 0. The largest absolute Gasteiger partial charge is 0.330 e. The molecule has 0 fully saturated rings. The van der Waals surface area contributed by atoms with E-state index in [1.807, 2.05) is 0 Å². The molecule has 0 atom stereocenters. The van der Waals surface area contributed by atoms with Crippen molar-refractivity contribution >= 4 is 0 Å². The summed E-state index contributed by atoms with van der Waals surface area (Å²) in [5, 5.41) is 0. The number of hydrogen-bond acceptors (Lipinski definition) is 2. The van der Waals surface area contributed by atoms with E-state index in [1.165, 1.54) is 0 Å². The second-order valence-corrected chi connectivity index (χ2v) is 3.04. The lowest BCUT2D eigenvalue weighted by Gasteiger charge is -2.17. The van der Waals surface area contributed by atoms with Gasteiger partial charge in [0.25, 0.3) is 0 Å². The molecule has 0 unspecified atom stereocenters. The van der Waals surface area contributed by atoms with Gasteiger partial charge in [0.1, 0.15) is 0 Å². The SMILES string of the molecule is CC=CCN(CC=CC)CCCN. The van der Waals surface area contributed by atoms with Crippen molar-refractivity contribution in [1.82, 2.24) is 4.90 Å². The van der Waals surface area contributed by atoms with Gasteiger partial charge in [-0.3, -0.25) is 4.90 Å². The first kappa shape index (κ1) is 12.4. The van der Waals surface area contributed by atoms with Crippen LogP contribution >= 0.6 is 0 Å². The highest BCUT2D eigenvalue weighted by molar-refractivity contribution is 4.86. The number of hydrogen-bond donors (Lipinski definition) is 1.